The van der Waals surface area contributed by atoms with Crippen LogP contribution in [0.2, 0.25) is 0 Å². The summed E-state index contributed by atoms with van der Waals surface area (Å²) in [6.07, 6.45) is 0.392. The van der Waals surface area contributed by atoms with Gasteiger partial charge in [0.2, 0.25) is 5.91 Å². The molecule has 0 aliphatic heterocycles. The Balaban J connectivity index is 1.71. The number of nitriles is 1. The number of nitrogens with zero attached hydrogens (tertiary/aromatic N) is 1. The molecule has 0 radical (unpaired) electrons. The zero-order valence-corrected chi connectivity index (χ0v) is 12.6. The first kappa shape index (κ1) is 15.7. The van der Waals surface area contributed by atoms with E-state index in [-0.39, 0.29) is 5.91 Å². The van der Waals surface area contributed by atoms with Crippen molar-refractivity contribution in [2.45, 2.75) is 19.9 Å². The van der Waals surface area contributed by atoms with Crippen LogP contribution in [0.25, 0.3) is 0 Å². The third-order valence-corrected chi connectivity index (χ3v) is 3.25. The molecule has 4 nitrogen and oxygen atoms in total. The maximum absolute atomic E-state index is 11.8. The van der Waals surface area contributed by atoms with E-state index in [0.29, 0.717) is 24.2 Å². The number of carbonyl (C=O) groups excluding carboxylic acids is 1. The SMILES string of the molecule is Cc1ccc(CNCCC(=O)Nc2cccc(C#N)c2)cc1. The Bertz CT molecular complexity index is 671. The second-order valence-electron chi connectivity index (χ2n) is 5.15. The van der Waals surface area contributed by atoms with Crippen LogP contribution in [0.4, 0.5) is 5.69 Å². The van der Waals surface area contributed by atoms with Crippen molar-refractivity contribution in [3.05, 3.63) is 65.2 Å². The fourth-order valence-electron chi connectivity index (χ4n) is 2.03. The van der Waals surface area contributed by atoms with Gasteiger partial charge in [-0.3, -0.25) is 4.79 Å². The summed E-state index contributed by atoms with van der Waals surface area (Å²) < 4.78 is 0. The van der Waals surface area contributed by atoms with Crippen LogP contribution in [0, 0.1) is 18.3 Å². The van der Waals surface area contributed by atoms with Crippen LogP contribution in [-0.4, -0.2) is 12.5 Å². The molecular formula is C18H19N3O. The predicted octanol–water partition coefficient (Wildman–Crippen LogP) is 2.99. The average Bonchev–Trinajstić information content (AvgIpc) is 2.53. The minimum atomic E-state index is -0.0634. The van der Waals surface area contributed by atoms with Crippen molar-refractivity contribution in [3.63, 3.8) is 0 Å². The largest absolute Gasteiger partial charge is 0.326 e. The van der Waals surface area contributed by atoms with E-state index in [1.165, 1.54) is 11.1 Å². The molecule has 0 aromatic heterocycles. The molecule has 0 atom stereocenters. The lowest BCUT2D eigenvalue weighted by molar-refractivity contribution is -0.116. The number of hydrogen-bond donors (Lipinski definition) is 2. The lowest BCUT2D eigenvalue weighted by atomic mass is 10.1. The van der Waals surface area contributed by atoms with Crippen molar-refractivity contribution in [1.82, 2.24) is 5.32 Å². The Hall–Kier alpha value is -2.64. The molecule has 0 aliphatic carbocycles. The van der Waals surface area contributed by atoms with E-state index in [2.05, 4.69) is 47.9 Å². The maximum Gasteiger partial charge on any atom is 0.225 e. The topological polar surface area (TPSA) is 64.9 Å². The summed E-state index contributed by atoms with van der Waals surface area (Å²) in [7, 11) is 0. The molecular weight excluding hydrogens is 274 g/mol. The van der Waals surface area contributed by atoms with Gasteiger partial charge in [0.1, 0.15) is 0 Å². The first-order valence-electron chi connectivity index (χ1n) is 7.23. The van der Waals surface area contributed by atoms with Gasteiger partial charge in [0.15, 0.2) is 0 Å². The number of rotatable bonds is 6. The number of benzene rings is 2. The van der Waals surface area contributed by atoms with Gasteiger partial charge < -0.3 is 10.6 Å². The molecule has 0 heterocycles. The maximum atomic E-state index is 11.8. The fraction of sp³-hybridized carbons (Fsp3) is 0.222. The highest BCUT2D eigenvalue weighted by Crippen LogP contribution is 2.09. The molecule has 4 heteroatoms. The molecule has 0 saturated heterocycles. The summed E-state index contributed by atoms with van der Waals surface area (Å²) >= 11 is 0. The Morgan fingerprint density at radius 3 is 2.68 bits per heavy atom. The van der Waals surface area contributed by atoms with Gasteiger partial charge in [0.05, 0.1) is 11.6 Å². The van der Waals surface area contributed by atoms with Crippen molar-refractivity contribution in [3.8, 4) is 6.07 Å². The number of amides is 1. The van der Waals surface area contributed by atoms with Gasteiger partial charge in [-0.25, -0.2) is 0 Å². The summed E-state index contributed by atoms with van der Waals surface area (Å²) in [6.45, 7) is 3.41. The molecule has 2 N–H and O–H groups in total. The highest BCUT2D eigenvalue weighted by atomic mass is 16.1. The van der Waals surface area contributed by atoms with E-state index in [1.807, 2.05) is 0 Å². The lowest BCUT2D eigenvalue weighted by Gasteiger charge is -2.07. The lowest BCUT2D eigenvalue weighted by Crippen LogP contribution is -2.21. The number of hydrogen-bond acceptors (Lipinski definition) is 3. The molecule has 22 heavy (non-hydrogen) atoms. The van der Waals surface area contributed by atoms with E-state index >= 15 is 0 Å². The van der Waals surface area contributed by atoms with Crippen LogP contribution < -0.4 is 10.6 Å². The van der Waals surface area contributed by atoms with Crippen LogP contribution in [0.5, 0.6) is 0 Å². The highest BCUT2D eigenvalue weighted by molar-refractivity contribution is 5.90. The number of nitrogens with one attached hydrogen (secondary N) is 2. The first-order chi connectivity index (χ1) is 10.7. The minimum Gasteiger partial charge on any atom is -0.326 e. The van der Waals surface area contributed by atoms with Crippen molar-refractivity contribution in [2.75, 3.05) is 11.9 Å². The molecule has 1 amide bonds. The van der Waals surface area contributed by atoms with Crippen LogP contribution in [0.15, 0.2) is 48.5 Å². The van der Waals surface area contributed by atoms with E-state index in [4.69, 9.17) is 5.26 Å². The fourth-order valence-corrected chi connectivity index (χ4v) is 2.03. The molecule has 2 rings (SSSR count). The van der Waals surface area contributed by atoms with Crippen LogP contribution >= 0.6 is 0 Å². The van der Waals surface area contributed by atoms with Crippen LogP contribution in [0.3, 0.4) is 0 Å². The number of anilines is 1. The second-order valence-corrected chi connectivity index (χ2v) is 5.15. The standard InChI is InChI=1S/C18H19N3O/c1-14-5-7-15(8-6-14)13-20-10-9-18(22)21-17-4-2-3-16(11-17)12-19/h2-8,11,20H,9-10,13H2,1H3,(H,21,22). The van der Waals surface area contributed by atoms with Gasteiger partial charge in [-0.1, -0.05) is 35.9 Å². The normalized spacial score (nSPS) is 10.0. The van der Waals surface area contributed by atoms with Crippen molar-refractivity contribution < 1.29 is 4.79 Å². The molecule has 2 aromatic rings. The van der Waals surface area contributed by atoms with Gasteiger partial charge >= 0.3 is 0 Å². The van der Waals surface area contributed by atoms with Crippen LogP contribution in [0.1, 0.15) is 23.1 Å². The van der Waals surface area contributed by atoms with E-state index in [9.17, 15) is 4.79 Å². The monoisotopic (exact) mass is 293 g/mol. The van der Waals surface area contributed by atoms with Crippen molar-refractivity contribution in [2.24, 2.45) is 0 Å². The first-order valence-corrected chi connectivity index (χ1v) is 7.23. The molecule has 0 bridgehead atoms. The quantitative estimate of drug-likeness (QED) is 0.805. The minimum absolute atomic E-state index is 0.0634. The molecule has 0 saturated carbocycles. The van der Waals surface area contributed by atoms with Gasteiger partial charge in [-0.15, -0.1) is 0 Å². The Morgan fingerprint density at radius 1 is 1.18 bits per heavy atom. The summed E-state index contributed by atoms with van der Waals surface area (Å²) in [5.74, 6) is -0.0634. The third kappa shape index (κ3) is 5.04. The second kappa shape index (κ2) is 7.96. The molecule has 0 unspecified atom stereocenters. The average molecular weight is 293 g/mol. The van der Waals surface area contributed by atoms with Crippen molar-refractivity contribution in [1.29, 1.82) is 5.26 Å². The molecule has 0 fully saturated rings. The molecule has 112 valence electrons. The zero-order chi connectivity index (χ0) is 15.8. The van der Waals surface area contributed by atoms with E-state index in [1.54, 1.807) is 24.3 Å². The number of aryl methyl sites for hydroxylation is 1. The summed E-state index contributed by atoms with van der Waals surface area (Å²) in [5, 5.41) is 14.9. The van der Waals surface area contributed by atoms with Gasteiger partial charge in [-0.05, 0) is 30.7 Å². The van der Waals surface area contributed by atoms with E-state index < -0.39 is 0 Å². The molecule has 2 aromatic carbocycles. The van der Waals surface area contributed by atoms with Gasteiger partial charge in [0, 0.05) is 25.2 Å². The number of carbonyl (C=O) groups is 1. The highest BCUT2D eigenvalue weighted by Gasteiger charge is 2.03. The summed E-state index contributed by atoms with van der Waals surface area (Å²) in [5.41, 5.74) is 3.63. The predicted molar refractivity (Wildman–Crippen MR) is 87.3 cm³/mol. The summed E-state index contributed by atoms with van der Waals surface area (Å²) in [6, 6.07) is 17.3. The van der Waals surface area contributed by atoms with E-state index in [0.717, 1.165) is 6.54 Å². The Morgan fingerprint density at radius 2 is 1.95 bits per heavy atom. The van der Waals surface area contributed by atoms with Crippen LogP contribution in [-0.2, 0) is 11.3 Å². The Kier molecular flexibility index (Phi) is 5.70. The molecule has 0 spiro atoms. The third-order valence-electron chi connectivity index (χ3n) is 3.25. The molecule has 0 aliphatic rings. The van der Waals surface area contributed by atoms with Gasteiger partial charge in [-0.2, -0.15) is 5.26 Å². The zero-order valence-electron chi connectivity index (χ0n) is 12.6. The summed E-state index contributed by atoms with van der Waals surface area (Å²) in [4.78, 5) is 11.8. The Labute approximate surface area is 130 Å². The van der Waals surface area contributed by atoms with Crippen molar-refractivity contribution >= 4 is 11.6 Å². The van der Waals surface area contributed by atoms with Gasteiger partial charge in [0.25, 0.3) is 0 Å². The smallest absolute Gasteiger partial charge is 0.225 e.